The van der Waals surface area contributed by atoms with E-state index < -0.39 is 29.2 Å². The van der Waals surface area contributed by atoms with Gasteiger partial charge in [-0.15, -0.1) is 0 Å². The summed E-state index contributed by atoms with van der Waals surface area (Å²) in [5.74, 6) is -1.91. The molecule has 0 saturated carbocycles. The Morgan fingerprint density at radius 1 is 0.921 bits per heavy atom. The Hall–Kier alpha value is -4.42. The molecule has 7 heteroatoms. The fourth-order valence-corrected chi connectivity index (χ4v) is 6.68. The van der Waals surface area contributed by atoms with E-state index in [-0.39, 0.29) is 17.5 Å². The zero-order valence-corrected chi connectivity index (χ0v) is 20.8. The predicted octanol–water partition coefficient (Wildman–Crippen LogP) is 5.79. The topological polar surface area (TPSA) is 79.6 Å². The average molecular weight is 521 g/mol. The summed E-state index contributed by atoms with van der Waals surface area (Å²) in [5, 5.41) is 3.57. The third-order valence-electron chi connectivity index (χ3n) is 7.97. The number of hydrogen-bond donors (Lipinski definition) is 1. The summed E-state index contributed by atoms with van der Waals surface area (Å²) in [4.78, 5) is 44.9. The van der Waals surface area contributed by atoms with Crippen LogP contribution in [-0.4, -0.2) is 29.6 Å². The van der Waals surface area contributed by atoms with Crippen LogP contribution in [0.3, 0.4) is 0 Å². The molecular formula is C31H21ClN2O4. The normalized spacial score (nSPS) is 24.6. The molecule has 7 rings (SSSR count). The molecular weight excluding hydrogens is 500 g/mol. The number of carbonyl (C=O) groups excluding carboxylic acids is 3. The summed E-state index contributed by atoms with van der Waals surface area (Å²) in [6.45, 7) is 0. The molecule has 0 aliphatic carbocycles. The first kappa shape index (κ1) is 22.8. The monoisotopic (exact) mass is 520 g/mol. The van der Waals surface area contributed by atoms with Gasteiger partial charge in [-0.05, 0) is 47.5 Å². The second kappa shape index (κ2) is 8.30. The highest BCUT2D eigenvalue weighted by atomic mass is 35.5. The minimum atomic E-state index is -1.37. The van der Waals surface area contributed by atoms with Gasteiger partial charge < -0.3 is 14.6 Å². The van der Waals surface area contributed by atoms with Crippen LogP contribution in [0.15, 0.2) is 102 Å². The van der Waals surface area contributed by atoms with Crippen LogP contribution in [0.1, 0.15) is 32.0 Å². The van der Waals surface area contributed by atoms with Crippen molar-refractivity contribution in [2.45, 2.75) is 17.5 Å². The van der Waals surface area contributed by atoms with Crippen LogP contribution in [-0.2, 0) is 10.2 Å². The molecule has 4 atom stereocenters. The van der Waals surface area contributed by atoms with Crippen LogP contribution in [0.25, 0.3) is 6.08 Å². The van der Waals surface area contributed by atoms with Crippen LogP contribution in [0.2, 0.25) is 5.02 Å². The van der Waals surface area contributed by atoms with Crippen molar-refractivity contribution in [3.05, 3.63) is 125 Å². The number of hydrogen-bond acceptors (Lipinski definition) is 5. The summed E-state index contributed by atoms with van der Waals surface area (Å²) >= 11 is 6.32. The third-order valence-corrected chi connectivity index (χ3v) is 8.20. The highest BCUT2D eigenvalue weighted by Crippen LogP contribution is 2.58. The average Bonchev–Trinajstić information content (AvgIpc) is 3.65. The highest BCUT2D eigenvalue weighted by molar-refractivity contribution is 6.31. The lowest BCUT2D eigenvalue weighted by atomic mass is 9.64. The molecule has 1 spiro atoms. The van der Waals surface area contributed by atoms with Gasteiger partial charge in [-0.1, -0.05) is 72.3 Å². The van der Waals surface area contributed by atoms with E-state index in [0.29, 0.717) is 21.8 Å². The summed E-state index contributed by atoms with van der Waals surface area (Å²) in [5.41, 5.74) is 1.97. The smallest absolute Gasteiger partial charge is 0.238 e. The third kappa shape index (κ3) is 2.98. The van der Waals surface area contributed by atoms with E-state index in [2.05, 4.69) is 5.32 Å². The van der Waals surface area contributed by atoms with Crippen LogP contribution in [0.4, 0.5) is 11.4 Å². The van der Waals surface area contributed by atoms with Crippen LogP contribution < -0.4 is 10.2 Å². The molecule has 3 aliphatic rings. The molecule has 3 aliphatic heterocycles. The van der Waals surface area contributed by atoms with Gasteiger partial charge >= 0.3 is 0 Å². The quantitative estimate of drug-likeness (QED) is 0.345. The largest absolute Gasteiger partial charge is 0.461 e. The van der Waals surface area contributed by atoms with Crippen molar-refractivity contribution in [2.75, 3.05) is 10.2 Å². The van der Waals surface area contributed by atoms with E-state index in [9.17, 15) is 14.4 Å². The van der Waals surface area contributed by atoms with Crippen molar-refractivity contribution in [1.82, 2.24) is 0 Å². The first-order valence-corrected chi connectivity index (χ1v) is 12.7. The molecule has 3 aromatic carbocycles. The zero-order chi connectivity index (χ0) is 26.0. The maximum atomic E-state index is 14.4. The van der Waals surface area contributed by atoms with Crippen molar-refractivity contribution in [3.8, 4) is 0 Å². The number of nitrogens with zero attached hydrogens (tertiary/aromatic N) is 1. The SMILES string of the molecule is O=C(c1ccccc1)[C@@H]1[C@H](C(=O)c2ccco2)[C@@]2(C(=O)Nc3ccccc32)[C@H]2C=Cc3cc(Cl)ccc3N12. The van der Waals surface area contributed by atoms with Gasteiger partial charge in [0.2, 0.25) is 11.7 Å². The Labute approximate surface area is 223 Å². The predicted molar refractivity (Wildman–Crippen MR) is 145 cm³/mol. The molecule has 1 N–H and O–H groups in total. The molecule has 1 amide bonds. The Morgan fingerprint density at radius 3 is 2.50 bits per heavy atom. The molecule has 1 aromatic heterocycles. The summed E-state index contributed by atoms with van der Waals surface area (Å²) in [6, 6.07) is 23.3. The van der Waals surface area contributed by atoms with E-state index in [1.54, 1.807) is 42.5 Å². The summed E-state index contributed by atoms with van der Waals surface area (Å²) in [6.07, 6.45) is 5.26. The summed E-state index contributed by atoms with van der Waals surface area (Å²) in [7, 11) is 0. The molecule has 0 bridgehead atoms. The fraction of sp³-hybridized carbons (Fsp3) is 0.129. The Morgan fingerprint density at radius 2 is 1.71 bits per heavy atom. The van der Waals surface area contributed by atoms with E-state index in [1.807, 2.05) is 59.5 Å². The number of benzene rings is 3. The number of nitrogens with one attached hydrogen (secondary N) is 1. The molecule has 0 radical (unpaired) electrons. The lowest BCUT2D eigenvalue weighted by molar-refractivity contribution is -0.121. The van der Waals surface area contributed by atoms with Gasteiger partial charge in [-0.3, -0.25) is 14.4 Å². The molecule has 1 saturated heterocycles. The van der Waals surface area contributed by atoms with Crippen molar-refractivity contribution in [2.24, 2.45) is 5.92 Å². The van der Waals surface area contributed by atoms with Crippen molar-refractivity contribution in [3.63, 3.8) is 0 Å². The van der Waals surface area contributed by atoms with E-state index in [4.69, 9.17) is 16.0 Å². The zero-order valence-electron chi connectivity index (χ0n) is 20.0. The fourth-order valence-electron chi connectivity index (χ4n) is 6.50. The minimum Gasteiger partial charge on any atom is -0.461 e. The molecule has 38 heavy (non-hydrogen) atoms. The number of carbonyl (C=O) groups is 3. The number of halogens is 1. The summed E-state index contributed by atoms with van der Waals surface area (Å²) < 4.78 is 5.56. The van der Waals surface area contributed by atoms with Gasteiger partial charge in [-0.2, -0.15) is 0 Å². The van der Waals surface area contributed by atoms with Gasteiger partial charge in [0.15, 0.2) is 11.5 Å². The lowest BCUT2D eigenvalue weighted by Crippen LogP contribution is -2.51. The minimum absolute atomic E-state index is 0.109. The van der Waals surface area contributed by atoms with Gasteiger partial charge in [-0.25, -0.2) is 0 Å². The number of Topliss-reactive ketones (excluding diaryl/α,β-unsaturated/α-hetero) is 2. The van der Waals surface area contributed by atoms with Crippen molar-refractivity contribution < 1.29 is 18.8 Å². The van der Waals surface area contributed by atoms with Gasteiger partial charge in [0.1, 0.15) is 11.5 Å². The number of para-hydroxylation sites is 1. The van der Waals surface area contributed by atoms with Gasteiger partial charge in [0, 0.05) is 22.0 Å². The number of fused-ring (bicyclic) bond motifs is 6. The molecule has 186 valence electrons. The number of ketones is 2. The Balaban J connectivity index is 1.55. The number of furan rings is 1. The molecule has 6 nitrogen and oxygen atoms in total. The maximum Gasteiger partial charge on any atom is 0.238 e. The van der Waals surface area contributed by atoms with Crippen LogP contribution >= 0.6 is 11.6 Å². The van der Waals surface area contributed by atoms with E-state index >= 15 is 0 Å². The highest BCUT2D eigenvalue weighted by Gasteiger charge is 2.70. The number of amides is 1. The van der Waals surface area contributed by atoms with E-state index in [0.717, 1.165) is 11.3 Å². The number of anilines is 2. The van der Waals surface area contributed by atoms with Gasteiger partial charge in [0.05, 0.1) is 18.2 Å². The standard InChI is InChI=1S/C31H21ClN2O4/c32-20-13-14-23-19(17-20)12-15-25-31(21-9-4-5-10-22(21)33-30(31)37)26(29(36)24-11-6-16-38-24)27(34(23)25)28(35)18-7-2-1-3-8-18/h1-17,25-27H,(H,33,37)/t25-,26-,27+,31+/m1/s1. The Bertz CT molecular complexity index is 1650. The molecule has 4 aromatic rings. The van der Waals surface area contributed by atoms with E-state index in [1.165, 1.54) is 6.26 Å². The second-order valence-electron chi connectivity index (χ2n) is 9.78. The van der Waals surface area contributed by atoms with Crippen LogP contribution in [0.5, 0.6) is 0 Å². The van der Waals surface area contributed by atoms with Gasteiger partial charge in [0.25, 0.3) is 0 Å². The lowest BCUT2D eigenvalue weighted by Gasteiger charge is -2.37. The molecule has 4 heterocycles. The van der Waals surface area contributed by atoms with Crippen molar-refractivity contribution >= 4 is 46.5 Å². The molecule has 0 unspecified atom stereocenters. The first-order chi connectivity index (χ1) is 18.5. The van der Waals surface area contributed by atoms with Crippen LogP contribution in [0, 0.1) is 5.92 Å². The first-order valence-electron chi connectivity index (χ1n) is 12.4. The Kier molecular flexibility index (Phi) is 4.97. The molecule has 1 fully saturated rings. The maximum absolute atomic E-state index is 14.4. The number of rotatable bonds is 4. The second-order valence-corrected chi connectivity index (χ2v) is 10.2. The van der Waals surface area contributed by atoms with Crippen molar-refractivity contribution in [1.29, 1.82) is 0 Å².